The molecule has 0 spiro atoms. The Morgan fingerprint density at radius 2 is 1.09 bits per heavy atom. The highest BCUT2D eigenvalue weighted by Gasteiger charge is 2.65. The summed E-state index contributed by atoms with van der Waals surface area (Å²) in [6, 6.07) is 0.0860. The van der Waals surface area contributed by atoms with Crippen LogP contribution in [0.5, 0.6) is 0 Å². The lowest BCUT2D eigenvalue weighted by Gasteiger charge is -2.61. The third-order valence-corrected chi connectivity index (χ3v) is 20.3. The zero-order valence-electron chi connectivity index (χ0n) is 36.0. The van der Waals surface area contributed by atoms with Gasteiger partial charge >= 0.3 is 5.97 Å². The number of nitrogens with one attached hydrogen (secondary N) is 1. The average Bonchev–Trinajstić information content (AvgIpc) is 3.67. The van der Waals surface area contributed by atoms with Crippen LogP contribution in [0.25, 0.3) is 0 Å². The van der Waals surface area contributed by atoms with Crippen LogP contribution >= 0.6 is 0 Å². The first kappa shape index (κ1) is 42.4. The minimum Gasteiger partial charge on any atom is -0.481 e. The molecule has 0 aromatic heterocycles. The summed E-state index contributed by atoms with van der Waals surface area (Å²) in [6.07, 6.45) is 10.5. The van der Waals surface area contributed by atoms with Crippen molar-refractivity contribution in [2.24, 2.45) is 106 Å². The predicted molar refractivity (Wildman–Crippen MR) is 218 cm³/mol. The van der Waals surface area contributed by atoms with E-state index in [1.54, 1.807) is 0 Å². The van der Waals surface area contributed by atoms with Crippen molar-refractivity contribution in [3.05, 3.63) is 0 Å². The fraction of sp³-hybridized carbons (Fsp3) is 0.958. The lowest BCUT2D eigenvalue weighted by Crippen LogP contribution is -2.61. The van der Waals surface area contributed by atoms with Crippen LogP contribution in [0.15, 0.2) is 0 Å². The lowest BCUT2D eigenvalue weighted by atomic mass is 9.46. The Labute approximate surface area is 342 Å². The fourth-order valence-electron chi connectivity index (χ4n) is 18.2. The first-order chi connectivity index (χ1) is 26.9. The molecule has 9 heteroatoms. The quantitative estimate of drug-likeness (QED) is 0.136. The van der Waals surface area contributed by atoms with Crippen molar-refractivity contribution in [2.75, 3.05) is 0 Å². The van der Waals surface area contributed by atoms with Crippen molar-refractivity contribution in [2.45, 2.75) is 181 Å². The number of carboxylic acid groups (broad SMARTS) is 1. The van der Waals surface area contributed by atoms with Gasteiger partial charge in [0.05, 0.1) is 30.5 Å². The number of aliphatic carboxylic acids is 1. The Bertz CT molecular complexity index is 1480. The van der Waals surface area contributed by atoms with Gasteiger partial charge in [-0.1, -0.05) is 41.5 Å². The Balaban J connectivity index is 0.865. The number of amides is 1. The number of aliphatic hydroxyl groups is 5. The highest BCUT2D eigenvalue weighted by atomic mass is 16.4. The van der Waals surface area contributed by atoms with Gasteiger partial charge in [0.25, 0.3) is 0 Å². The van der Waals surface area contributed by atoms with E-state index in [-0.39, 0.29) is 88.8 Å². The summed E-state index contributed by atoms with van der Waals surface area (Å²) < 4.78 is 0. The number of carbonyl (C=O) groups excluding carboxylic acids is 1. The summed E-state index contributed by atoms with van der Waals surface area (Å²) in [7, 11) is 0. The number of carbonyl (C=O) groups is 2. The fourth-order valence-corrected chi connectivity index (χ4v) is 18.2. The molecular formula is C48H79NO8. The predicted octanol–water partition coefficient (Wildman–Crippen LogP) is 6.66. The molecule has 8 fully saturated rings. The van der Waals surface area contributed by atoms with E-state index in [9.17, 15) is 40.2 Å². The molecule has 0 saturated heterocycles. The van der Waals surface area contributed by atoms with Gasteiger partial charge in [0.2, 0.25) is 5.91 Å². The van der Waals surface area contributed by atoms with E-state index in [0.717, 1.165) is 77.0 Å². The second-order valence-electron chi connectivity index (χ2n) is 22.8. The topological polar surface area (TPSA) is 168 Å². The molecule has 1 amide bonds. The van der Waals surface area contributed by atoms with Gasteiger partial charge in [-0.3, -0.25) is 9.59 Å². The summed E-state index contributed by atoms with van der Waals surface area (Å²) >= 11 is 0. The summed E-state index contributed by atoms with van der Waals surface area (Å²) in [6.45, 7) is 13.6. The summed E-state index contributed by atoms with van der Waals surface area (Å²) in [5.41, 5.74) is -0.565. The number of carboxylic acids is 1. The summed E-state index contributed by atoms with van der Waals surface area (Å²) in [4.78, 5) is 25.0. The second-order valence-corrected chi connectivity index (χ2v) is 22.8. The van der Waals surface area contributed by atoms with Gasteiger partial charge < -0.3 is 36.0 Å². The van der Waals surface area contributed by atoms with Crippen LogP contribution in [0.3, 0.4) is 0 Å². The molecule has 8 aliphatic rings. The third-order valence-electron chi connectivity index (χ3n) is 20.3. The molecule has 57 heavy (non-hydrogen) atoms. The van der Waals surface area contributed by atoms with E-state index < -0.39 is 24.3 Å². The molecule has 0 aromatic carbocycles. The van der Waals surface area contributed by atoms with Crippen LogP contribution in [-0.2, 0) is 9.59 Å². The van der Waals surface area contributed by atoms with E-state index in [1.165, 1.54) is 0 Å². The highest BCUT2D eigenvalue weighted by molar-refractivity contribution is 5.76. The largest absolute Gasteiger partial charge is 0.481 e. The van der Waals surface area contributed by atoms with Crippen molar-refractivity contribution in [1.82, 2.24) is 5.32 Å². The standard InChI is InChI=1S/C48H79NO8/c1-23(33-9-11-36-46-32(22-40(54)47(33,36)5)44-26(4)16-30(50)18-28(44)20-38(46)52)7-13-41(55)49-29-15-25(3)43-27(17-29)19-37(51)45-31(43)21-39(53)48(6)34(10-12-35(45)48)24(2)8-14-42(56)57/h23-40,43-46,50-54H,7-22H2,1-6H3,(H,49,55)(H,56,57)/t23-,24-,25-,26-,27+,28+,29-,30-,31-,32-,33-,34-,35+,36+,37-,38-,39+,40+,43?,44?,45-,46-,47-,48-/m1/s1. The maximum Gasteiger partial charge on any atom is 0.303 e. The summed E-state index contributed by atoms with van der Waals surface area (Å²) in [5.74, 6) is 4.25. The van der Waals surface area contributed by atoms with Gasteiger partial charge in [-0.15, -0.1) is 0 Å². The highest BCUT2D eigenvalue weighted by Crippen LogP contribution is 2.68. The van der Waals surface area contributed by atoms with Crippen LogP contribution < -0.4 is 5.32 Å². The monoisotopic (exact) mass is 798 g/mol. The van der Waals surface area contributed by atoms with E-state index in [1.807, 2.05) is 0 Å². The minimum absolute atomic E-state index is 0.0860. The van der Waals surface area contributed by atoms with Gasteiger partial charge in [-0.05, 0) is 195 Å². The first-order valence-corrected chi connectivity index (χ1v) is 23.9. The Kier molecular flexibility index (Phi) is 11.8. The Hall–Kier alpha value is -1.26. The molecule has 2 unspecified atom stereocenters. The molecule has 0 heterocycles. The van der Waals surface area contributed by atoms with Crippen LogP contribution in [-0.4, -0.2) is 79.1 Å². The zero-order chi connectivity index (χ0) is 40.9. The third kappa shape index (κ3) is 7.07. The number of aliphatic hydroxyl groups excluding tert-OH is 5. The average molecular weight is 798 g/mol. The van der Waals surface area contributed by atoms with Gasteiger partial charge in [0, 0.05) is 18.9 Å². The van der Waals surface area contributed by atoms with Crippen molar-refractivity contribution >= 4 is 11.9 Å². The van der Waals surface area contributed by atoms with Gasteiger partial charge in [-0.2, -0.15) is 0 Å². The maximum atomic E-state index is 13.7. The maximum absolute atomic E-state index is 13.7. The Morgan fingerprint density at radius 3 is 1.60 bits per heavy atom. The van der Waals surface area contributed by atoms with Crippen LogP contribution in [0.2, 0.25) is 0 Å². The van der Waals surface area contributed by atoms with Crippen molar-refractivity contribution < 1.29 is 40.2 Å². The number of rotatable bonds is 9. The van der Waals surface area contributed by atoms with Gasteiger partial charge in [0.1, 0.15) is 0 Å². The van der Waals surface area contributed by atoms with Crippen molar-refractivity contribution in [3.8, 4) is 0 Å². The molecule has 24 atom stereocenters. The second kappa shape index (κ2) is 15.9. The molecule has 7 N–H and O–H groups in total. The van der Waals surface area contributed by atoms with Crippen LogP contribution in [0, 0.1) is 106 Å². The van der Waals surface area contributed by atoms with Crippen LogP contribution in [0.1, 0.15) is 144 Å². The van der Waals surface area contributed by atoms with E-state index in [4.69, 9.17) is 0 Å². The Morgan fingerprint density at radius 1 is 0.614 bits per heavy atom. The van der Waals surface area contributed by atoms with Crippen LogP contribution in [0.4, 0.5) is 0 Å². The molecule has 9 nitrogen and oxygen atoms in total. The number of hydrogen-bond acceptors (Lipinski definition) is 7. The smallest absolute Gasteiger partial charge is 0.303 e. The molecule has 324 valence electrons. The van der Waals surface area contributed by atoms with Gasteiger partial charge in [0.15, 0.2) is 0 Å². The SMILES string of the molecule is C[C@@H]1C[C@@H](O)C[C@H]2C[C@@H](O)[C@@H]3[C@H](C[C@H](O)[C@]4(C)[C@@H]([C@H](C)CCC(=O)N[C@H]5C[C@H]6C[C@@H](O)[C@@H]7[C@H](C[C@H](O)[C@]8(C)[C@@H]([C@H](C)CCC(=O)O)CC[C@@H]78)C6[C@H](C)C5)CC[C@@H]34)C21. The first-order valence-electron chi connectivity index (χ1n) is 23.9. The van der Waals surface area contributed by atoms with E-state index in [0.29, 0.717) is 66.6 Å². The molecule has 0 aliphatic heterocycles. The number of hydrogen-bond donors (Lipinski definition) is 7. The van der Waals surface area contributed by atoms with Crippen molar-refractivity contribution in [1.29, 1.82) is 0 Å². The lowest BCUT2D eigenvalue weighted by molar-refractivity contribution is -0.188. The number of fused-ring (bicyclic) bond motifs is 10. The minimum atomic E-state index is -0.763. The molecule has 8 aliphatic carbocycles. The molecular weight excluding hydrogens is 719 g/mol. The molecule has 0 aromatic rings. The zero-order valence-corrected chi connectivity index (χ0v) is 36.0. The molecule has 0 radical (unpaired) electrons. The van der Waals surface area contributed by atoms with Crippen molar-refractivity contribution in [3.63, 3.8) is 0 Å². The molecule has 8 rings (SSSR count). The van der Waals surface area contributed by atoms with E-state index in [2.05, 4.69) is 46.9 Å². The summed E-state index contributed by atoms with van der Waals surface area (Å²) in [5, 5.41) is 70.7. The van der Waals surface area contributed by atoms with E-state index >= 15 is 0 Å². The normalized spacial score (nSPS) is 53.9. The van der Waals surface area contributed by atoms with Gasteiger partial charge in [-0.25, -0.2) is 0 Å². The molecule has 8 saturated carbocycles. The molecule has 0 bridgehead atoms.